The molecule has 3 aliphatic carbocycles. The molecule has 3 aliphatic rings. The van der Waals surface area contributed by atoms with Crippen LogP contribution in [0.25, 0.3) is 0 Å². The number of amides is 1. The highest BCUT2D eigenvalue weighted by molar-refractivity contribution is 5.80. The molecule has 0 aromatic rings. The van der Waals surface area contributed by atoms with Crippen molar-refractivity contribution in [1.82, 2.24) is 5.32 Å². The van der Waals surface area contributed by atoms with E-state index < -0.39 is 5.97 Å². The maximum Gasteiger partial charge on any atom is 0.306 e. The van der Waals surface area contributed by atoms with Crippen molar-refractivity contribution in [1.29, 1.82) is 0 Å². The van der Waals surface area contributed by atoms with E-state index >= 15 is 0 Å². The third-order valence-corrected chi connectivity index (χ3v) is 6.70. The van der Waals surface area contributed by atoms with Crippen LogP contribution < -0.4 is 5.32 Å². The fraction of sp³-hybridized carbons (Fsp3) is 0.895. The van der Waals surface area contributed by atoms with E-state index in [4.69, 9.17) is 9.84 Å². The Morgan fingerprint density at radius 3 is 2.29 bits per heavy atom. The van der Waals surface area contributed by atoms with E-state index in [-0.39, 0.29) is 29.2 Å². The Labute approximate surface area is 144 Å². The van der Waals surface area contributed by atoms with E-state index in [1.807, 2.05) is 6.92 Å². The lowest BCUT2D eigenvalue weighted by Crippen LogP contribution is -2.66. The molecule has 1 amide bonds. The van der Waals surface area contributed by atoms with Crippen molar-refractivity contribution in [2.24, 2.45) is 17.3 Å². The zero-order valence-electron chi connectivity index (χ0n) is 14.8. The number of hydrogen-bond donors (Lipinski definition) is 2. The van der Waals surface area contributed by atoms with E-state index in [0.717, 1.165) is 25.9 Å². The number of hydrogen-bond acceptors (Lipinski definition) is 3. The average Bonchev–Trinajstić information content (AvgIpc) is 2.61. The highest BCUT2D eigenvalue weighted by Crippen LogP contribution is 2.53. The van der Waals surface area contributed by atoms with Gasteiger partial charge in [-0.05, 0) is 51.9 Å². The number of carbonyl (C=O) groups excluding carboxylic acids is 1. The Bertz CT molecular complexity index is 464. The normalized spacial score (nSPS) is 35.2. The second-order valence-corrected chi connectivity index (χ2v) is 7.92. The van der Waals surface area contributed by atoms with E-state index in [2.05, 4.69) is 5.32 Å². The molecule has 5 nitrogen and oxygen atoms in total. The highest BCUT2D eigenvalue weighted by atomic mass is 16.5. The molecule has 0 heterocycles. The van der Waals surface area contributed by atoms with Gasteiger partial charge in [0.2, 0.25) is 5.91 Å². The Balaban J connectivity index is 1.55. The zero-order chi connectivity index (χ0) is 17.2. The van der Waals surface area contributed by atoms with Gasteiger partial charge in [-0.1, -0.05) is 19.3 Å². The van der Waals surface area contributed by atoms with Crippen LogP contribution >= 0.6 is 0 Å². The molecule has 0 bridgehead atoms. The molecule has 0 radical (unpaired) electrons. The van der Waals surface area contributed by atoms with Gasteiger partial charge >= 0.3 is 5.97 Å². The summed E-state index contributed by atoms with van der Waals surface area (Å²) in [4.78, 5) is 23.7. The fourth-order valence-electron chi connectivity index (χ4n) is 5.16. The minimum atomic E-state index is -0.714. The SMILES string of the molecule is CCOC1CC(NC(=O)C2CCC(C(=O)O)CC2)C12CCCCC2. The Hall–Kier alpha value is -1.10. The standard InChI is InChI=1S/C19H31NO4/c1-2-24-16-12-15(19(16)10-4-3-5-11-19)20-17(21)13-6-8-14(9-7-13)18(22)23/h13-16H,2-12H2,1H3,(H,20,21)(H,22,23). The largest absolute Gasteiger partial charge is 0.481 e. The number of ether oxygens (including phenoxy) is 1. The molecule has 136 valence electrons. The van der Waals surface area contributed by atoms with Crippen molar-refractivity contribution >= 4 is 11.9 Å². The van der Waals surface area contributed by atoms with Gasteiger partial charge in [0.15, 0.2) is 0 Å². The number of rotatable bonds is 5. The number of nitrogens with one attached hydrogen (secondary N) is 1. The molecule has 0 aromatic heterocycles. The van der Waals surface area contributed by atoms with Crippen LogP contribution in [0.5, 0.6) is 0 Å². The van der Waals surface area contributed by atoms with Crippen molar-refractivity contribution in [3.05, 3.63) is 0 Å². The van der Waals surface area contributed by atoms with Gasteiger partial charge in [-0.15, -0.1) is 0 Å². The second kappa shape index (κ2) is 7.42. The Kier molecular flexibility index (Phi) is 5.48. The van der Waals surface area contributed by atoms with E-state index in [9.17, 15) is 9.59 Å². The predicted molar refractivity (Wildman–Crippen MR) is 90.6 cm³/mol. The van der Waals surface area contributed by atoms with Gasteiger partial charge in [0, 0.05) is 24.0 Å². The summed E-state index contributed by atoms with van der Waals surface area (Å²) in [6.45, 7) is 2.79. The third-order valence-electron chi connectivity index (χ3n) is 6.70. The number of carbonyl (C=O) groups is 2. The average molecular weight is 337 g/mol. The Morgan fingerprint density at radius 2 is 1.71 bits per heavy atom. The van der Waals surface area contributed by atoms with Crippen molar-refractivity contribution < 1.29 is 19.4 Å². The summed E-state index contributed by atoms with van der Waals surface area (Å²) in [5.41, 5.74) is 0.155. The number of carboxylic acids is 1. The van der Waals surface area contributed by atoms with Gasteiger partial charge in [0.05, 0.1) is 12.0 Å². The van der Waals surface area contributed by atoms with Gasteiger partial charge < -0.3 is 15.2 Å². The topological polar surface area (TPSA) is 75.6 Å². The van der Waals surface area contributed by atoms with Crippen LogP contribution in [0.1, 0.15) is 71.1 Å². The van der Waals surface area contributed by atoms with Crippen molar-refractivity contribution in [2.45, 2.75) is 83.3 Å². The smallest absolute Gasteiger partial charge is 0.306 e. The molecule has 3 rings (SSSR count). The van der Waals surface area contributed by atoms with Crippen LogP contribution in [-0.4, -0.2) is 35.7 Å². The van der Waals surface area contributed by atoms with E-state index in [0.29, 0.717) is 31.8 Å². The van der Waals surface area contributed by atoms with Crippen molar-refractivity contribution in [3.63, 3.8) is 0 Å². The summed E-state index contributed by atoms with van der Waals surface area (Å²) in [6.07, 6.45) is 9.99. The Morgan fingerprint density at radius 1 is 1.08 bits per heavy atom. The van der Waals surface area contributed by atoms with Gasteiger partial charge in [-0.25, -0.2) is 0 Å². The first-order valence-corrected chi connectivity index (χ1v) is 9.71. The van der Waals surface area contributed by atoms with Crippen LogP contribution in [0.15, 0.2) is 0 Å². The molecular weight excluding hydrogens is 306 g/mol. The molecule has 3 saturated carbocycles. The molecule has 3 fully saturated rings. The lowest BCUT2D eigenvalue weighted by molar-refractivity contribution is -0.159. The van der Waals surface area contributed by atoms with Crippen molar-refractivity contribution in [3.8, 4) is 0 Å². The third kappa shape index (κ3) is 3.32. The van der Waals surface area contributed by atoms with Gasteiger partial charge in [0.25, 0.3) is 0 Å². The van der Waals surface area contributed by atoms with Crippen LogP contribution in [0.4, 0.5) is 0 Å². The molecular formula is C19H31NO4. The fourth-order valence-corrected chi connectivity index (χ4v) is 5.16. The van der Waals surface area contributed by atoms with E-state index in [1.165, 1.54) is 19.3 Å². The summed E-state index contributed by atoms with van der Waals surface area (Å²) in [5.74, 6) is -0.838. The molecule has 2 N–H and O–H groups in total. The number of aliphatic carboxylic acids is 1. The van der Waals surface area contributed by atoms with Gasteiger partial charge in [0.1, 0.15) is 0 Å². The van der Waals surface area contributed by atoms with Crippen molar-refractivity contribution in [2.75, 3.05) is 6.61 Å². The zero-order valence-corrected chi connectivity index (χ0v) is 14.8. The minimum Gasteiger partial charge on any atom is -0.481 e. The highest BCUT2D eigenvalue weighted by Gasteiger charge is 2.56. The lowest BCUT2D eigenvalue weighted by atomic mass is 9.55. The molecule has 0 aromatic carbocycles. The minimum absolute atomic E-state index is 0.00705. The maximum absolute atomic E-state index is 12.7. The first kappa shape index (κ1) is 17.7. The molecule has 0 aliphatic heterocycles. The first-order chi connectivity index (χ1) is 11.6. The van der Waals surface area contributed by atoms with Gasteiger partial charge in [-0.3, -0.25) is 9.59 Å². The van der Waals surface area contributed by atoms with E-state index in [1.54, 1.807) is 0 Å². The molecule has 2 atom stereocenters. The summed E-state index contributed by atoms with van der Waals surface area (Å²) < 4.78 is 5.95. The first-order valence-electron chi connectivity index (χ1n) is 9.71. The molecule has 1 spiro atoms. The molecule has 24 heavy (non-hydrogen) atoms. The van der Waals surface area contributed by atoms with Crippen LogP contribution in [0.3, 0.4) is 0 Å². The van der Waals surface area contributed by atoms with Gasteiger partial charge in [-0.2, -0.15) is 0 Å². The summed E-state index contributed by atoms with van der Waals surface area (Å²) in [6, 6.07) is 0.249. The molecule has 5 heteroatoms. The second-order valence-electron chi connectivity index (χ2n) is 7.92. The molecule has 2 unspecified atom stereocenters. The monoisotopic (exact) mass is 337 g/mol. The number of carboxylic acid groups (broad SMARTS) is 1. The van der Waals surface area contributed by atoms with Crippen LogP contribution in [0.2, 0.25) is 0 Å². The maximum atomic E-state index is 12.7. The lowest BCUT2D eigenvalue weighted by Gasteiger charge is -2.57. The quantitative estimate of drug-likeness (QED) is 0.808. The summed E-state index contributed by atoms with van der Waals surface area (Å²) >= 11 is 0. The van der Waals surface area contributed by atoms with Crippen LogP contribution in [0, 0.1) is 17.3 Å². The van der Waals surface area contributed by atoms with Crippen LogP contribution in [-0.2, 0) is 14.3 Å². The predicted octanol–water partition coefficient (Wildman–Crippen LogP) is 3.12. The molecule has 0 saturated heterocycles. The summed E-state index contributed by atoms with van der Waals surface area (Å²) in [5, 5.41) is 12.4. The summed E-state index contributed by atoms with van der Waals surface area (Å²) in [7, 11) is 0.